The van der Waals surface area contributed by atoms with Crippen LogP contribution in [0.2, 0.25) is 0 Å². The lowest BCUT2D eigenvalue weighted by Gasteiger charge is -2.24. The Morgan fingerprint density at radius 3 is 1.64 bits per heavy atom. The van der Waals surface area contributed by atoms with Crippen molar-refractivity contribution in [2.24, 2.45) is 0 Å². The highest BCUT2D eigenvalue weighted by Gasteiger charge is 2.37. The van der Waals surface area contributed by atoms with Crippen LogP contribution >= 0.6 is 0 Å². The summed E-state index contributed by atoms with van der Waals surface area (Å²) in [4.78, 5) is 0. The van der Waals surface area contributed by atoms with Crippen LogP contribution in [-0.2, 0) is 5.41 Å². The average molecular weight is 713 g/mol. The second-order valence-electron chi connectivity index (χ2n) is 16.0. The molecule has 10 aromatic carbocycles. The molecule has 0 N–H and O–H groups in total. The predicted octanol–water partition coefficient (Wildman–Crippen LogP) is 15.5. The Balaban J connectivity index is 1.00. The van der Waals surface area contributed by atoms with Crippen LogP contribution in [0.15, 0.2) is 186 Å². The summed E-state index contributed by atoms with van der Waals surface area (Å²) in [5, 5.41) is 12.4. The van der Waals surface area contributed by atoms with Gasteiger partial charge in [-0.2, -0.15) is 0 Å². The standard InChI is InChI=1S/C55H36O/c1-55(2)49-32-36(24-25-39(49)45-26-29-48-46(53(45)55)27-28-47-40-16-9-10-21-50(40)56-54(47)48)35-14-11-15-37(31-35)51-41-17-5-7-19-43(41)52(44-20-8-6-18-42(44)51)38-23-22-33-12-3-4-13-34(33)30-38/h3-32H,1-2H3. The van der Waals surface area contributed by atoms with Gasteiger partial charge in [0.2, 0.25) is 0 Å². The number of hydrogen-bond donors (Lipinski definition) is 0. The molecular formula is C55H36O. The maximum absolute atomic E-state index is 6.49. The second kappa shape index (κ2) is 11.5. The zero-order chi connectivity index (χ0) is 37.1. The topological polar surface area (TPSA) is 13.1 Å². The molecule has 1 heterocycles. The minimum Gasteiger partial charge on any atom is -0.455 e. The highest BCUT2D eigenvalue weighted by atomic mass is 16.3. The third-order valence-corrected chi connectivity index (χ3v) is 12.6. The molecule has 0 amide bonds. The van der Waals surface area contributed by atoms with Crippen molar-refractivity contribution in [3.63, 3.8) is 0 Å². The molecule has 1 aliphatic carbocycles. The van der Waals surface area contributed by atoms with Crippen molar-refractivity contribution in [1.29, 1.82) is 0 Å². The Hall–Kier alpha value is -6.96. The Bertz CT molecular complexity index is 3390. The van der Waals surface area contributed by atoms with E-state index in [1.165, 1.54) is 109 Å². The Morgan fingerprint density at radius 1 is 0.357 bits per heavy atom. The number of benzene rings is 10. The normalized spacial score (nSPS) is 13.3. The third kappa shape index (κ3) is 4.37. The van der Waals surface area contributed by atoms with E-state index in [0.29, 0.717) is 0 Å². The van der Waals surface area contributed by atoms with Crippen molar-refractivity contribution in [1.82, 2.24) is 0 Å². The number of para-hydroxylation sites is 1. The van der Waals surface area contributed by atoms with Gasteiger partial charge in [0.05, 0.1) is 0 Å². The lowest BCUT2D eigenvalue weighted by molar-refractivity contribution is 0.665. The van der Waals surface area contributed by atoms with Gasteiger partial charge in [-0.1, -0.05) is 159 Å². The Morgan fingerprint density at radius 2 is 0.893 bits per heavy atom. The smallest absolute Gasteiger partial charge is 0.143 e. The van der Waals surface area contributed by atoms with Gasteiger partial charge in [-0.25, -0.2) is 0 Å². The van der Waals surface area contributed by atoms with Gasteiger partial charge in [0.1, 0.15) is 11.2 Å². The summed E-state index contributed by atoms with van der Waals surface area (Å²) in [7, 11) is 0. The van der Waals surface area contributed by atoms with Crippen LogP contribution in [0.5, 0.6) is 0 Å². The van der Waals surface area contributed by atoms with Crippen molar-refractivity contribution in [2.75, 3.05) is 0 Å². The molecule has 0 fully saturated rings. The summed E-state index contributed by atoms with van der Waals surface area (Å²) in [6.07, 6.45) is 0. The van der Waals surface area contributed by atoms with Crippen LogP contribution in [0, 0.1) is 0 Å². The second-order valence-corrected chi connectivity index (χ2v) is 16.0. The van der Waals surface area contributed by atoms with Gasteiger partial charge < -0.3 is 4.42 Å². The van der Waals surface area contributed by atoms with Crippen LogP contribution < -0.4 is 0 Å². The van der Waals surface area contributed by atoms with Gasteiger partial charge in [0, 0.05) is 21.6 Å². The number of fused-ring (bicyclic) bond motifs is 12. The monoisotopic (exact) mass is 712 g/mol. The summed E-state index contributed by atoms with van der Waals surface area (Å²) in [6.45, 7) is 4.77. The molecule has 0 aliphatic heterocycles. The van der Waals surface area contributed by atoms with E-state index in [4.69, 9.17) is 4.42 Å². The lowest BCUT2D eigenvalue weighted by atomic mass is 9.79. The molecule has 0 spiro atoms. The Kier molecular flexibility index (Phi) is 6.46. The van der Waals surface area contributed by atoms with Crippen molar-refractivity contribution in [2.45, 2.75) is 19.3 Å². The van der Waals surface area contributed by atoms with Gasteiger partial charge in [-0.05, 0) is 130 Å². The fraction of sp³-hybridized carbons (Fsp3) is 0.0545. The number of rotatable bonds is 3. The van der Waals surface area contributed by atoms with Gasteiger partial charge in [0.15, 0.2) is 0 Å². The van der Waals surface area contributed by atoms with Gasteiger partial charge in [-0.15, -0.1) is 0 Å². The molecule has 0 radical (unpaired) electrons. The first-order valence-electron chi connectivity index (χ1n) is 19.6. The number of furan rings is 1. The van der Waals surface area contributed by atoms with E-state index in [0.717, 1.165) is 11.2 Å². The van der Waals surface area contributed by atoms with Gasteiger partial charge >= 0.3 is 0 Å². The minimum absolute atomic E-state index is 0.192. The molecule has 262 valence electrons. The summed E-state index contributed by atoms with van der Waals surface area (Å²) in [6, 6.07) is 67.2. The van der Waals surface area contributed by atoms with Crippen LogP contribution in [-0.4, -0.2) is 0 Å². The van der Waals surface area contributed by atoms with E-state index in [2.05, 4.69) is 190 Å². The SMILES string of the molecule is CC1(C)c2cc(-c3cccc(-c4c5ccccc5c(-c5ccc6ccccc6c5)c5ccccc45)c3)ccc2-c2ccc3c(ccc4c5ccccc5oc34)c21. The maximum Gasteiger partial charge on any atom is 0.143 e. The maximum atomic E-state index is 6.49. The van der Waals surface area contributed by atoms with Gasteiger partial charge in [-0.3, -0.25) is 0 Å². The van der Waals surface area contributed by atoms with E-state index in [1.807, 2.05) is 6.07 Å². The molecule has 12 rings (SSSR count). The molecule has 0 bridgehead atoms. The van der Waals surface area contributed by atoms with E-state index in [9.17, 15) is 0 Å². The predicted molar refractivity (Wildman–Crippen MR) is 238 cm³/mol. The van der Waals surface area contributed by atoms with Crippen LogP contribution in [0.3, 0.4) is 0 Å². The summed E-state index contributed by atoms with van der Waals surface area (Å²) < 4.78 is 6.49. The summed E-state index contributed by atoms with van der Waals surface area (Å²) in [5.41, 5.74) is 14.6. The molecule has 1 aromatic heterocycles. The number of hydrogen-bond acceptors (Lipinski definition) is 1. The molecule has 11 aromatic rings. The molecule has 0 atom stereocenters. The zero-order valence-corrected chi connectivity index (χ0v) is 31.2. The summed E-state index contributed by atoms with van der Waals surface area (Å²) in [5.74, 6) is 0. The van der Waals surface area contributed by atoms with E-state index in [1.54, 1.807) is 0 Å². The molecule has 0 saturated heterocycles. The average Bonchev–Trinajstić information content (AvgIpc) is 3.74. The first-order chi connectivity index (χ1) is 27.5. The van der Waals surface area contributed by atoms with Crippen molar-refractivity contribution in [3.8, 4) is 44.5 Å². The highest BCUT2D eigenvalue weighted by molar-refractivity contribution is 6.22. The molecule has 0 unspecified atom stereocenters. The van der Waals surface area contributed by atoms with Crippen LogP contribution in [0.4, 0.5) is 0 Å². The zero-order valence-electron chi connectivity index (χ0n) is 31.2. The van der Waals surface area contributed by atoms with Crippen LogP contribution in [0.1, 0.15) is 25.0 Å². The van der Waals surface area contributed by atoms with Crippen molar-refractivity contribution < 1.29 is 4.42 Å². The summed E-state index contributed by atoms with van der Waals surface area (Å²) >= 11 is 0. The fourth-order valence-corrected chi connectivity index (χ4v) is 10.0. The van der Waals surface area contributed by atoms with E-state index in [-0.39, 0.29) is 5.41 Å². The fourth-order valence-electron chi connectivity index (χ4n) is 10.0. The molecular weight excluding hydrogens is 677 g/mol. The first-order valence-corrected chi connectivity index (χ1v) is 19.6. The largest absolute Gasteiger partial charge is 0.455 e. The molecule has 1 heteroatoms. The van der Waals surface area contributed by atoms with E-state index < -0.39 is 0 Å². The molecule has 56 heavy (non-hydrogen) atoms. The van der Waals surface area contributed by atoms with Crippen molar-refractivity contribution in [3.05, 3.63) is 193 Å². The molecule has 0 saturated carbocycles. The Labute approximate surface area is 325 Å². The van der Waals surface area contributed by atoms with Gasteiger partial charge in [0.25, 0.3) is 0 Å². The quantitative estimate of drug-likeness (QED) is 0.166. The molecule has 1 aliphatic rings. The molecule has 1 nitrogen and oxygen atoms in total. The minimum atomic E-state index is -0.192. The highest BCUT2D eigenvalue weighted by Crippen LogP contribution is 2.53. The third-order valence-electron chi connectivity index (χ3n) is 12.6. The first kappa shape index (κ1) is 31.4. The van der Waals surface area contributed by atoms with E-state index >= 15 is 0 Å². The van der Waals surface area contributed by atoms with Crippen LogP contribution in [0.25, 0.3) is 110 Å². The lowest BCUT2D eigenvalue weighted by Crippen LogP contribution is -2.15. The van der Waals surface area contributed by atoms with Crippen molar-refractivity contribution >= 4 is 65.0 Å².